The highest BCUT2D eigenvalue weighted by Crippen LogP contribution is 2.19. The number of piperazine rings is 1. The van der Waals surface area contributed by atoms with E-state index in [0.29, 0.717) is 13.0 Å². The van der Waals surface area contributed by atoms with E-state index in [1.807, 2.05) is 24.3 Å². The van der Waals surface area contributed by atoms with Crippen LogP contribution in [0.5, 0.6) is 0 Å². The molecule has 2 amide bonds. The van der Waals surface area contributed by atoms with Crippen molar-refractivity contribution in [3.8, 4) is 0 Å². The van der Waals surface area contributed by atoms with E-state index in [9.17, 15) is 9.59 Å². The van der Waals surface area contributed by atoms with Crippen molar-refractivity contribution >= 4 is 17.5 Å². The minimum absolute atomic E-state index is 0.188. The van der Waals surface area contributed by atoms with Crippen molar-refractivity contribution in [3.05, 3.63) is 29.8 Å². The zero-order chi connectivity index (χ0) is 13.8. The fraction of sp³-hybridized carbons (Fsp3) is 0.385. The number of rotatable bonds is 4. The largest absolute Gasteiger partial charge is 0.353 e. The molecule has 0 atom stereocenters. The lowest BCUT2D eigenvalue weighted by molar-refractivity contribution is -0.143. The molecule has 102 valence electrons. The molecule has 1 saturated heterocycles. The molecule has 2 N–H and O–H groups in total. The van der Waals surface area contributed by atoms with E-state index in [1.165, 1.54) is 11.9 Å². The summed E-state index contributed by atoms with van der Waals surface area (Å²) >= 11 is 0. The molecular weight excluding hydrogens is 246 g/mol. The van der Waals surface area contributed by atoms with E-state index in [-0.39, 0.29) is 24.9 Å². The molecule has 6 heteroatoms. The number of likely N-dealkylation sites (N-methyl/N-ethyl adjacent to an activating group) is 1. The lowest BCUT2D eigenvalue weighted by Crippen LogP contribution is -2.52. The van der Waals surface area contributed by atoms with Crippen LogP contribution in [0.2, 0.25) is 0 Å². The van der Waals surface area contributed by atoms with Crippen molar-refractivity contribution in [1.29, 1.82) is 0 Å². The Hall–Kier alpha value is -1.92. The summed E-state index contributed by atoms with van der Waals surface area (Å²) in [6.45, 7) is 0.877. The van der Waals surface area contributed by atoms with Crippen LogP contribution in [0.4, 0.5) is 5.69 Å². The summed E-state index contributed by atoms with van der Waals surface area (Å²) in [6.07, 6.45) is 0.694. The number of amides is 2. The van der Waals surface area contributed by atoms with Crippen molar-refractivity contribution in [1.82, 2.24) is 4.90 Å². The Labute approximate surface area is 111 Å². The number of anilines is 1. The summed E-state index contributed by atoms with van der Waals surface area (Å²) in [5.41, 5.74) is 1.92. The lowest BCUT2D eigenvalue weighted by atomic mass is 10.1. The van der Waals surface area contributed by atoms with Gasteiger partial charge in [-0.3, -0.25) is 14.5 Å². The van der Waals surface area contributed by atoms with Crippen LogP contribution in [0.25, 0.3) is 0 Å². The van der Waals surface area contributed by atoms with Crippen molar-refractivity contribution < 1.29 is 14.4 Å². The van der Waals surface area contributed by atoms with Crippen LogP contribution in [0, 0.1) is 0 Å². The monoisotopic (exact) mass is 263 g/mol. The van der Waals surface area contributed by atoms with Crippen LogP contribution < -0.4 is 10.8 Å². The van der Waals surface area contributed by atoms with Crippen LogP contribution in [0.15, 0.2) is 24.3 Å². The fourth-order valence-electron chi connectivity index (χ4n) is 2.00. The van der Waals surface area contributed by atoms with Gasteiger partial charge in [0, 0.05) is 12.7 Å². The second-order valence-electron chi connectivity index (χ2n) is 4.49. The number of hydrogen-bond acceptors (Lipinski definition) is 5. The molecule has 0 bridgehead atoms. The third kappa shape index (κ3) is 3.10. The molecule has 6 nitrogen and oxygen atoms in total. The number of carbonyl (C=O) groups is 2. The average molecular weight is 263 g/mol. The van der Waals surface area contributed by atoms with Gasteiger partial charge in [0.2, 0.25) is 11.8 Å². The molecule has 0 aliphatic carbocycles. The molecule has 0 unspecified atom stereocenters. The zero-order valence-electron chi connectivity index (χ0n) is 10.8. The first-order valence-corrected chi connectivity index (χ1v) is 6.07. The summed E-state index contributed by atoms with van der Waals surface area (Å²) in [4.78, 5) is 30.8. The van der Waals surface area contributed by atoms with Gasteiger partial charge < -0.3 is 9.74 Å². The first-order chi connectivity index (χ1) is 9.11. The number of carbonyl (C=O) groups excluding carboxylic acids is 2. The molecule has 0 aromatic heterocycles. The van der Waals surface area contributed by atoms with Crippen molar-refractivity contribution in [2.75, 3.05) is 31.6 Å². The van der Waals surface area contributed by atoms with Gasteiger partial charge in [-0.2, -0.15) is 0 Å². The highest BCUT2D eigenvalue weighted by Gasteiger charge is 2.28. The van der Waals surface area contributed by atoms with E-state index < -0.39 is 0 Å². The zero-order valence-corrected chi connectivity index (χ0v) is 10.8. The van der Waals surface area contributed by atoms with Gasteiger partial charge >= 0.3 is 0 Å². The Morgan fingerprint density at radius 2 is 1.95 bits per heavy atom. The van der Waals surface area contributed by atoms with Gasteiger partial charge in [-0.25, -0.2) is 5.90 Å². The smallest absolute Gasteiger partial charge is 0.248 e. The van der Waals surface area contributed by atoms with Gasteiger partial charge in [-0.15, -0.1) is 0 Å². The molecule has 1 aliphatic heterocycles. The fourth-order valence-corrected chi connectivity index (χ4v) is 2.00. The maximum atomic E-state index is 11.7. The van der Waals surface area contributed by atoms with Crippen LogP contribution in [-0.4, -0.2) is 43.5 Å². The van der Waals surface area contributed by atoms with Gasteiger partial charge in [-0.1, -0.05) is 12.1 Å². The predicted octanol–water partition coefficient (Wildman–Crippen LogP) is -0.0756. The van der Waals surface area contributed by atoms with E-state index >= 15 is 0 Å². The quantitative estimate of drug-likeness (QED) is 0.607. The maximum absolute atomic E-state index is 11.7. The third-order valence-electron chi connectivity index (χ3n) is 3.18. The molecule has 1 heterocycles. The topological polar surface area (TPSA) is 75.9 Å². The van der Waals surface area contributed by atoms with Crippen LogP contribution >= 0.6 is 0 Å². The Morgan fingerprint density at radius 1 is 1.26 bits per heavy atom. The molecule has 1 fully saturated rings. The summed E-state index contributed by atoms with van der Waals surface area (Å²) < 4.78 is 0. The summed E-state index contributed by atoms with van der Waals surface area (Å²) in [6, 6.07) is 7.69. The number of nitrogens with zero attached hydrogens (tertiary/aromatic N) is 2. The summed E-state index contributed by atoms with van der Waals surface area (Å²) in [7, 11) is 1.51. The standard InChI is InChI=1S/C13H17N3O3/c1-15-12(17)8-16(9-13(15)18)11-4-2-3-10(7-11)5-6-19-14/h2-4,7H,5-6,8-9,14H2,1H3. The Balaban J connectivity index is 2.13. The minimum atomic E-state index is -0.188. The molecule has 0 radical (unpaired) electrons. The lowest BCUT2D eigenvalue weighted by Gasteiger charge is -2.32. The van der Waals surface area contributed by atoms with Crippen molar-refractivity contribution in [2.45, 2.75) is 6.42 Å². The highest BCUT2D eigenvalue weighted by atomic mass is 16.6. The summed E-state index contributed by atoms with van der Waals surface area (Å²) in [5.74, 6) is 4.63. The van der Waals surface area contributed by atoms with E-state index in [0.717, 1.165) is 11.3 Å². The van der Waals surface area contributed by atoms with Crippen LogP contribution in [0.3, 0.4) is 0 Å². The summed E-state index contributed by atoms with van der Waals surface area (Å²) in [5, 5.41) is 0. The molecule has 0 saturated carbocycles. The molecule has 2 rings (SSSR count). The van der Waals surface area contributed by atoms with Gasteiger partial charge in [0.15, 0.2) is 0 Å². The first kappa shape index (κ1) is 13.5. The molecule has 0 spiro atoms. The maximum Gasteiger partial charge on any atom is 0.248 e. The molecular formula is C13H17N3O3. The number of nitrogens with two attached hydrogens (primary N) is 1. The highest BCUT2D eigenvalue weighted by molar-refractivity contribution is 6.02. The molecule has 1 aliphatic rings. The van der Waals surface area contributed by atoms with Gasteiger partial charge in [0.1, 0.15) is 0 Å². The van der Waals surface area contributed by atoms with Gasteiger partial charge in [-0.05, 0) is 24.1 Å². The average Bonchev–Trinajstić information content (AvgIpc) is 2.42. The molecule has 19 heavy (non-hydrogen) atoms. The Kier molecular flexibility index (Phi) is 4.13. The third-order valence-corrected chi connectivity index (χ3v) is 3.18. The van der Waals surface area contributed by atoms with E-state index in [2.05, 4.69) is 4.84 Å². The molecule has 1 aromatic carbocycles. The van der Waals surface area contributed by atoms with E-state index in [4.69, 9.17) is 5.90 Å². The van der Waals surface area contributed by atoms with Crippen LogP contribution in [-0.2, 0) is 20.8 Å². The van der Waals surface area contributed by atoms with Gasteiger partial charge in [0.05, 0.1) is 19.7 Å². The Bertz CT molecular complexity index is 472. The number of hydrogen-bond donors (Lipinski definition) is 1. The van der Waals surface area contributed by atoms with E-state index in [1.54, 1.807) is 4.90 Å². The second kappa shape index (κ2) is 5.81. The van der Waals surface area contributed by atoms with Crippen molar-refractivity contribution in [3.63, 3.8) is 0 Å². The molecule has 1 aromatic rings. The Morgan fingerprint density at radius 3 is 2.58 bits per heavy atom. The number of imide groups is 1. The van der Waals surface area contributed by atoms with Crippen LogP contribution in [0.1, 0.15) is 5.56 Å². The second-order valence-corrected chi connectivity index (χ2v) is 4.49. The minimum Gasteiger partial charge on any atom is -0.353 e. The number of benzene rings is 1. The van der Waals surface area contributed by atoms with Crippen molar-refractivity contribution in [2.24, 2.45) is 5.90 Å². The SMILES string of the molecule is CN1C(=O)CN(c2cccc(CCON)c2)CC1=O. The first-order valence-electron chi connectivity index (χ1n) is 6.07. The predicted molar refractivity (Wildman–Crippen MR) is 70.3 cm³/mol. The van der Waals surface area contributed by atoms with Gasteiger partial charge in [0.25, 0.3) is 0 Å². The normalized spacial score (nSPS) is 16.1.